The second-order valence-corrected chi connectivity index (χ2v) is 8.39. The minimum atomic E-state index is -5.08. The van der Waals surface area contributed by atoms with Gasteiger partial charge in [0.25, 0.3) is 0 Å². The number of likely N-dealkylation sites (tertiary alicyclic amines) is 1. The molecule has 11 heteroatoms. The van der Waals surface area contributed by atoms with E-state index in [-0.39, 0.29) is 11.7 Å². The third-order valence-electron chi connectivity index (χ3n) is 4.91. The molecule has 4 heterocycles. The van der Waals surface area contributed by atoms with Crippen LogP contribution < -0.4 is 0 Å². The Hall–Kier alpha value is -1.95. The first kappa shape index (κ1) is 22.7. The maximum Gasteiger partial charge on any atom is 0.490 e. The number of nitrogens with zero attached hydrogens (tertiary/aromatic N) is 2. The minimum absolute atomic E-state index is 0.0325. The highest BCUT2D eigenvalue weighted by Gasteiger charge is 2.46. The molecule has 1 spiro atoms. The summed E-state index contributed by atoms with van der Waals surface area (Å²) in [6, 6.07) is 3.97. The first-order chi connectivity index (χ1) is 14.2. The number of carboxylic acids is 1. The van der Waals surface area contributed by atoms with Gasteiger partial charge in [-0.15, -0.1) is 11.3 Å². The van der Waals surface area contributed by atoms with E-state index in [1.807, 2.05) is 19.1 Å². The molecule has 2 atom stereocenters. The second-order valence-electron chi connectivity index (χ2n) is 7.33. The highest BCUT2D eigenvalue weighted by molar-refractivity contribution is 7.09. The van der Waals surface area contributed by atoms with Crippen molar-refractivity contribution in [1.29, 1.82) is 0 Å². The van der Waals surface area contributed by atoms with Crippen LogP contribution in [0.1, 0.15) is 29.3 Å². The summed E-state index contributed by atoms with van der Waals surface area (Å²) in [5.41, 5.74) is 0.995. The zero-order valence-corrected chi connectivity index (χ0v) is 17.2. The summed E-state index contributed by atoms with van der Waals surface area (Å²) in [5.74, 6) is -1.74. The Kier molecular flexibility index (Phi) is 7.17. The number of aliphatic carboxylic acids is 1. The van der Waals surface area contributed by atoms with E-state index in [1.54, 1.807) is 17.6 Å². The monoisotopic (exact) mass is 448 g/mol. The van der Waals surface area contributed by atoms with Crippen molar-refractivity contribution < 1.29 is 37.0 Å². The number of carbonyl (C=O) groups is 1. The largest absolute Gasteiger partial charge is 0.490 e. The summed E-state index contributed by atoms with van der Waals surface area (Å²) >= 11 is 1.67. The average Bonchev–Trinajstić information content (AvgIpc) is 3.45. The molecule has 0 bridgehead atoms. The fourth-order valence-electron chi connectivity index (χ4n) is 3.56. The van der Waals surface area contributed by atoms with Crippen LogP contribution in [0.15, 0.2) is 28.2 Å². The van der Waals surface area contributed by atoms with Crippen LogP contribution >= 0.6 is 11.3 Å². The summed E-state index contributed by atoms with van der Waals surface area (Å²) in [4.78, 5) is 15.8. The van der Waals surface area contributed by atoms with Gasteiger partial charge in [-0.05, 0) is 25.5 Å². The molecule has 0 aliphatic carbocycles. The van der Waals surface area contributed by atoms with Crippen molar-refractivity contribution in [3.63, 3.8) is 0 Å². The Labute approximate surface area is 175 Å². The van der Waals surface area contributed by atoms with Crippen LogP contribution in [0.25, 0.3) is 0 Å². The molecule has 2 aliphatic heterocycles. The first-order valence-corrected chi connectivity index (χ1v) is 10.2. The van der Waals surface area contributed by atoms with Gasteiger partial charge in [0.1, 0.15) is 5.76 Å². The van der Waals surface area contributed by atoms with Gasteiger partial charge >= 0.3 is 12.1 Å². The van der Waals surface area contributed by atoms with Crippen LogP contribution in [-0.2, 0) is 27.4 Å². The molecule has 2 saturated heterocycles. The molecule has 0 saturated carbocycles. The fourth-order valence-corrected chi connectivity index (χ4v) is 4.15. The third-order valence-corrected chi connectivity index (χ3v) is 5.73. The Balaban J connectivity index is 0.000000318. The molecular weight excluding hydrogens is 425 g/mol. The topological polar surface area (TPSA) is 85.0 Å². The van der Waals surface area contributed by atoms with Crippen molar-refractivity contribution in [2.75, 3.05) is 19.7 Å². The third kappa shape index (κ3) is 6.27. The maximum atomic E-state index is 10.6. The van der Waals surface area contributed by atoms with Gasteiger partial charge in [0.2, 0.25) is 0 Å². The molecule has 0 aromatic carbocycles. The van der Waals surface area contributed by atoms with Crippen molar-refractivity contribution in [3.05, 3.63) is 40.2 Å². The number of aromatic nitrogens is 1. The standard InChI is InChI=1S/C17H22N2O3S.C2HF3O2/c1-13-18-14(11-23-13)9-21-16-7-17(22-10-16)4-5-19(12-17)8-15-3-2-6-20-15;3-2(4,5)1(6)7/h2-3,6,11,16H,4-5,7-10,12H2,1H3;(H,6,7)/t16-,17-;/m0./s1. The maximum absolute atomic E-state index is 10.6. The number of ether oxygens (including phenoxy) is 2. The summed E-state index contributed by atoms with van der Waals surface area (Å²) < 4.78 is 49.3. The van der Waals surface area contributed by atoms with Crippen LogP contribution in [0.2, 0.25) is 0 Å². The SMILES string of the molecule is Cc1nc(CO[C@@H]2CO[C@@]3(CCN(Cc4ccco4)C3)C2)cs1.O=C(O)C(F)(F)F. The van der Waals surface area contributed by atoms with Gasteiger partial charge in [-0.3, -0.25) is 4.90 Å². The molecule has 0 radical (unpaired) electrons. The number of hydrogen-bond acceptors (Lipinski definition) is 7. The Morgan fingerprint density at radius 3 is 2.87 bits per heavy atom. The van der Waals surface area contributed by atoms with Crippen molar-refractivity contribution in [2.45, 2.75) is 50.8 Å². The number of rotatable bonds is 5. The zero-order chi connectivity index (χ0) is 21.8. The van der Waals surface area contributed by atoms with Gasteiger partial charge in [-0.1, -0.05) is 0 Å². The number of carboxylic acid groups (broad SMARTS) is 1. The van der Waals surface area contributed by atoms with E-state index < -0.39 is 12.1 Å². The van der Waals surface area contributed by atoms with E-state index in [9.17, 15) is 13.2 Å². The highest BCUT2D eigenvalue weighted by atomic mass is 32.1. The second kappa shape index (κ2) is 9.46. The van der Waals surface area contributed by atoms with Gasteiger partial charge < -0.3 is 19.0 Å². The summed E-state index contributed by atoms with van der Waals surface area (Å²) in [6.45, 7) is 6.18. The van der Waals surface area contributed by atoms with E-state index in [2.05, 4.69) is 15.3 Å². The Morgan fingerprint density at radius 2 is 2.27 bits per heavy atom. The highest BCUT2D eigenvalue weighted by Crippen LogP contribution is 2.37. The van der Waals surface area contributed by atoms with E-state index in [4.69, 9.17) is 23.8 Å². The lowest BCUT2D eigenvalue weighted by atomic mass is 9.98. The number of thiazole rings is 1. The summed E-state index contributed by atoms with van der Waals surface area (Å²) in [5, 5.41) is 10.3. The van der Waals surface area contributed by atoms with Crippen molar-refractivity contribution in [1.82, 2.24) is 9.88 Å². The van der Waals surface area contributed by atoms with Crippen LogP contribution in [0.5, 0.6) is 0 Å². The van der Waals surface area contributed by atoms with Crippen molar-refractivity contribution in [2.24, 2.45) is 0 Å². The smallest absolute Gasteiger partial charge is 0.475 e. The predicted octanol–water partition coefficient (Wildman–Crippen LogP) is 3.63. The van der Waals surface area contributed by atoms with Gasteiger partial charge in [0.15, 0.2) is 0 Å². The van der Waals surface area contributed by atoms with E-state index in [0.717, 1.165) is 48.9 Å². The van der Waals surface area contributed by atoms with E-state index in [1.165, 1.54) is 0 Å². The molecule has 2 fully saturated rings. The first-order valence-electron chi connectivity index (χ1n) is 9.37. The minimum Gasteiger partial charge on any atom is -0.475 e. The molecule has 2 aromatic rings. The molecule has 166 valence electrons. The number of furan rings is 1. The van der Waals surface area contributed by atoms with Crippen molar-refractivity contribution >= 4 is 17.3 Å². The molecule has 4 rings (SSSR count). The van der Waals surface area contributed by atoms with Gasteiger partial charge in [-0.2, -0.15) is 13.2 Å². The van der Waals surface area contributed by atoms with Crippen LogP contribution in [-0.4, -0.2) is 58.5 Å². The quantitative estimate of drug-likeness (QED) is 0.748. The Bertz CT molecular complexity index is 827. The zero-order valence-electron chi connectivity index (χ0n) is 16.4. The molecule has 2 aromatic heterocycles. The molecular formula is C19H23F3N2O5S. The number of aryl methyl sites for hydroxylation is 1. The predicted molar refractivity (Wildman–Crippen MR) is 101 cm³/mol. The molecule has 0 amide bonds. The van der Waals surface area contributed by atoms with Gasteiger partial charge in [0, 0.05) is 24.9 Å². The molecule has 30 heavy (non-hydrogen) atoms. The van der Waals surface area contributed by atoms with Crippen LogP contribution in [0, 0.1) is 6.92 Å². The summed E-state index contributed by atoms with van der Waals surface area (Å²) in [6.07, 6.45) is -1.12. The van der Waals surface area contributed by atoms with E-state index in [0.29, 0.717) is 13.2 Å². The van der Waals surface area contributed by atoms with Gasteiger partial charge in [0.05, 0.1) is 48.4 Å². The lowest BCUT2D eigenvalue weighted by Crippen LogP contribution is -2.32. The fraction of sp³-hybridized carbons (Fsp3) is 0.579. The lowest BCUT2D eigenvalue weighted by molar-refractivity contribution is -0.192. The molecule has 1 N–H and O–H groups in total. The average molecular weight is 448 g/mol. The number of alkyl halides is 3. The van der Waals surface area contributed by atoms with E-state index >= 15 is 0 Å². The molecule has 7 nitrogen and oxygen atoms in total. The Morgan fingerprint density at radius 1 is 1.50 bits per heavy atom. The van der Waals surface area contributed by atoms with Crippen molar-refractivity contribution in [3.8, 4) is 0 Å². The summed E-state index contributed by atoms with van der Waals surface area (Å²) in [7, 11) is 0. The molecule has 0 unspecified atom stereocenters. The molecule has 2 aliphatic rings. The normalized spacial score (nSPS) is 24.2. The van der Waals surface area contributed by atoms with Crippen LogP contribution in [0.4, 0.5) is 13.2 Å². The van der Waals surface area contributed by atoms with Gasteiger partial charge in [-0.25, -0.2) is 9.78 Å². The lowest BCUT2D eigenvalue weighted by Gasteiger charge is -2.23. The van der Waals surface area contributed by atoms with Crippen LogP contribution in [0.3, 0.4) is 0 Å². The number of halogens is 3. The number of hydrogen-bond donors (Lipinski definition) is 1.